The molecule has 0 amide bonds. The van der Waals surface area contributed by atoms with Crippen LogP contribution in [0.4, 0.5) is 0 Å². The van der Waals surface area contributed by atoms with Crippen LogP contribution in [0.25, 0.3) is 0 Å². The molecule has 2 rings (SSSR count). The van der Waals surface area contributed by atoms with Crippen LogP contribution in [0.15, 0.2) is 41.3 Å². The third kappa shape index (κ3) is 3.17. The van der Waals surface area contributed by atoms with Gasteiger partial charge >= 0.3 is 16.1 Å². The molecule has 3 N–H and O–H groups in total. The highest BCUT2D eigenvalue weighted by Gasteiger charge is 2.24. The van der Waals surface area contributed by atoms with Crippen LogP contribution in [0.3, 0.4) is 0 Å². The molecule has 0 aliphatic heterocycles. The molecular formula is C14H9NO7S. The monoisotopic (exact) mass is 335 g/mol. The molecule has 0 atom stereocenters. The van der Waals surface area contributed by atoms with Gasteiger partial charge in [0.05, 0.1) is 11.1 Å². The van der Waals surface area contributed by atoms with Crippen LogP contribution in [0, 0.1) is 11.3 Å². The number of aromatic hydroxyl groups is 2. The lowest BCUT2D eigenvalue weighted by Gasteiger charge is -2.11. The fraction of sp³-hybridized carbons (Fsp3) is 0. The van der Waals surface area contributed by atoms with Gasteiger partial charge in [0.25, 0.3) is 0 Å². The molecule has 0 aromatic heterocycles. The highest BCUT2D eigenvalue weighted by molar-refractivity contribution is 7.87. The minimum absolute atomic E-state index is 0.189. The number of phenols is 2. The topological polar surface area (TPSA) is 145 Å². The fourth-order valence-corrected chi connectivity index (χ4v) is 2.80. The van der Waals surface area contributed by atoms with Crippen molar-refractivity contribution >= 4 is 16.1 Å². The second-order valence-corrected chi connectivity index (χ2v) is 5.81. The predicted molar refractivity (Wildman–Crippen MR) is 75.7 cm³/mol. The summed E-state index contributed by atoms with van der Waals surface area (Å²) in [7, 11) is -4.52. The molecule has 0 heterocycles. The second kappa shape index (κ2) is 5.86. The molecule has 0 radical (unpaired) electrons. The number of phenolic OH excluding ortho intramolecular Hbond substituents is 2. The molecule has 9 heteroatoms. The average Bonchev–Trinajstić information content (AvgIpc) is 2.51. The highest BCUT2D eigenvalue weighted by atomic mass is 32.2. The zero-order chi connectivity index (χ0) is 17.2. The van der Waals surface area contributed by atoms with Gasteiger partial charge in [-0.1, -0.05) is 12.1 Å². The van der Waals surface area contributed by atoms with E-state index in [2.05, 4.69) is 4.18 Å². The summed E-state index contributed by atoms with van der Waals surface area (Å²) in [4.78, 5) is 10.5. The largest absolute Gasteiger partial charge is 0.504 e. The van der Waals surface area contributed by atoms with Crippen molar-refractivity contribution in [1.82, 2.24) is 0 Å². The smallest absolute Gasteiger partial charge is 0.340 e. The van der Waals surface area contributed by atoms with E-state index in [1.807, 2.05) is 0 Å². The third-order valence-electron chi connectivity index (χ3n) is 2.78. The molecule has 0 saturated carbocycles. The standard InChI is InChI=1S/C14H9NO7S/c15-7-8-3-1-2-4-12(8)23(20,21)22-11-6-9(14(18)19)5-10(16)13(11)17/h1-6,16-17H,(H,18,19). The van der Waals surface area contributed by atoms with Crippen molar-refractivity contribution in [2.45, 2.75) is 4.90 Å². The molecule has 118 valence electrons. The van der Waals surface area contributed by atoms with Gasteiger partial charge in [0, 0.05) is 6.07 Å². The van der Waals surface area contributed by atoms with E-state index in [0.29, 0.717) is 0 Å². The Hall–Kier alpha value is -3.25. The number of aromatic carboxylic acids is 1. The second-order valence-electron chi connectivity index (χ2n) is 4.29. The Labute approximate surface area is 130 Å². The summed E-state index contributed by atoms with van der Waals surface area (Å²) in [5.74, 6) is -4.02. The predicted octanol–water partition coefficient (Wildman–Crippen LogP) is 1.44. The maximum absolute atomic E-state index is 12.2. The quantitative estimate of drug-likeness (QED) is 0.562. The molecule has 0 bridgehead atoms. The number of nitrogens with zero attached hydrogens (tertiary/aromatic N) is 1. The summed E-state index contributed by atoms with van der Waals surface area (Å²) >= 11 is 0. The minimum Gasteiger partial charge on any atom is -0.504 e. The summed E-state index contributed by atoms with van der Waals surface area (Å²) in [5, 5.41) is 36.9. The first-order valence-electron chi connectivity index (χ1n) is 5.99. The van der Waals surface area contributed by atoms with Gasteiger partial charge in [0.15, 0.2) is 11.5 Å². The maximum atomic E-state index is 12.2. The molecule has 2 aromatic rings. The molecule has 2 aromatic carbocycles. The third-order valence-corrected chi connectivity index (χ3v) is 4.07. The van der Waals surface area contributed by atoms with Crippen LogP contribution in [-0.2, 0) is 10.1 Å². The normalized spacial score (nSPS) is 10.7. The van der Waals surface area contributed by atoms with Gasteiger partial charge in [-0.05, 0) is 18.2 Å². The van der Waals surface area contributed by atoms with Gasteiger partial charge in [-0.3, -0.25) is 0 Å². The average molecular weight is 335 g/mol. The number of rotatable bonds is 4. The van der Waals surface area contributed by atoms with Crippen LogP contribution >= 0.6 is 0 Å². The molecule has 0 spiro atoms. The zero-order valence-electron chi connectivity index (χ0n) is 11.3. The van der Waals surface area contributed by atoms with Crippen LogP contribution in [0.5, 0.6) is 17.2 Å². The van der Waals surface area contributed by atoms with Crippen LogP contribution in [0.1, 0.15) is 15.9 Å². The molecule has 8 nitrogen and oxygen atoms in total. The van der Waals surface area contributed by atoms with Crippen LogP contribution in [-0.4, -0.2) is 29.7 Å². The Balaban J connectivity index is 2.54. The molecule has 0 aliphatic rings. The Kier molecular flexibility index (Phi) is 4.11. The van der Waals surface area contributed by atoms with Gasteiger partial charge < -0.3 is 19.5 Å². The van der Waals surface area contributed by atoms with Gasteiger partial charge in [0.2, 0.25) is 5.75 Å². The minimum atomic E-state index is -4.52. The van der Waals surface area contributed by atoms with Gasteiger partial charge in [-0.25, -0.2) is 4.79 Å². The Morgan fingerprint density at radius 1 is 1.17 bits per heavy atom. The van der Waals surface area contributed by atoms with E-state index in [9.17, 15) is 23.4 Å². The first kappa shape index (κ1) is 16.1. The first-order valence-corrected chi connectivity index (χ1v) is 7.40. The lowest BCUT2D eigenvalue weighted by molar-refractivity contribution is 0.0696. The lowest BCUT2D eigenvalue weighted by atomic mass is 10.2. The van der Waals surface area contributed by atoms with E-state index in [1.165, 1.54) is 18.2 Å². The Morgan fingerprint density at radius 2 is 1.83 bits per heavy atom. The number of carbonyl (C=O) groups is 1. The van der Waals surface area contributed by atoms with Crippen molar-refractivity contribution in [1.29, 1.82) is 5.26 Å². The number of benzene rings is 2. The number of hydrogen-bond acceptors (Lipinski definition) is 7. The summed E-state index contributed by atoms with van der Waals surface area (Å²) in [6.07, 6.45) is 0. The van der Waals surface area contributed by atoms with Crippen molar-refractivity contribution in [2.75, 3.05) is 0 Å². The van der Waals surface area contributed by atoms with Crippen molar-refractivity contribution in [3.8, 4) is 23.3 Å². The molecule has 0 aliphatic carbocycles. The summed E-state index contributed by atoms with van der Waals surface area (Å²) in [5.41, 5.74) is -0.676. The highest BCUT2D eigenvalue weighted by Crippen LogP contribution is 2.38. The number of carboxylic acids is 1. The molecular weight excluding hydrogens is 326 g/mol. The van der Waals surface area contributed by atoms with E-state index in [4.69, 9.17) is 10.4 Å². The number of hydrogen-bond donors (Lipinski definition) is 3. The Bertz CT molecular complexity index is 929. The number of nitriles is 1. The SMILES string of the molecule is N#Cc1ccccc1S(=O)(=O)Oc1cc(C(=O)O)cc(O)c1O. The van der Waals surface area contributed by atoms with Gasteiger partial charge in [-0.2, -0.15) is 13.7 Å². The fourth-order valence-electron chi connectivity index (χ4n) is 1.72. The molecule has 0 saturated heterocycles. The first-order chi connectivity index (χ1) is 10.8. The number of carboxylic acid groups (broad SMARTS) is 1. The molecule has 23 heavy (non-hydrogen) atoms. The Morgan fingerprint density at radius 3 is 2.43 bits per heavy atom. The summed E-state index contributed by atoms with van der Waals surface area (Å²) in [6.45, 7) is 0. The van der Waals surface area contributed by atoms with E-state index in [1.54, 1.807) is 6.07 Å². The molecule has 0 fully saturated rings. The van der Waals surface area contributed by atoms with E-state index < -0.39 is 43.8 Å². The van der Waals surface area contributed by atoms with E-state index in [0.717, 1.165) is 18.2 Å². The van der Waals surface area contributed by atoms with Crippen molar-refractivity contribution < 1.29 is 32.7 Å². The van der Waals surface area contributed by atoms with Crippen molar-refractivity contribution in [2.24, 2.45) is 0 Å². The van der Waals surface area contributed by atoms with E-state index >= 15 is 0 Å². The van der Waals surface area contributed by atoms with Crippen LogP contribution in [0.2, 0.25) is 0 Å². The van der Waals surface area contributed by atoms with Crippen molar-refractivity contribution in [3.05, 3.63) is 47.5 Å². The van der Waals surface area contributed by atoms with Gasteiger partial charge in [0.1, 0.15) is 11.0 Å². The summed E-state index contributed by atoms with van der Waals surface area (Å²) < 4.78 is 29.1. The van der Waals surface area contributed by atoms with Gasteiger partial charge in [-0.15, -0.1) is 0 Å². The maximum Gasteiger partial charge on any atom is 0.340 e. The van der Waals surface area contributed by atoms with Crippen molar-refractivity contribution in [3.63, 3.8) is 0 Å². The lowest BCUT2D eigenvalue weighted by Crippen LogP contribution is -2.12. The van der Waals surface area contributed by atoms with Crippen LogP contribution < -0.4 is 4.18 Å². The van der Waals surface area contributed by atoms with E-state index in [-0.39, 0.29) is 5.56 Å². The summed E-state index contributed by atoms with van der Waals surface area (Å²) in [6, 6.07) is 8.34. The zero-order valence-corrected chi connectivity index (χ0v) is 12.1. The molecule has 0 unspecified atom stereocenters.